The molecule has 0 aliphatic rings. The fourth-order valence-electron chi connectivity index (χ4n) is 2.03. The average Bonchev–Trinajstić information content (AvgIpc) is 2.46. The quantitative estimate of drug-likeness (QED) is 0.636. The molecular formula is C16H20N2O2S. The lowest BCUT2D eigenvalue weighted by Crippen LogP contribution is -2.24. The summed E-state index contributed by atoms with van der Waals surface area (Å²) in [7, 11) is 0. The second-order valence-electron chi connectivity index (χ2n) is 5.22. The lowest BCUT2D eigenvalue weighted by Gasteiger charge is -2.23. The van der Waals surface area contributed by atoms with Gasteiger partial charge in [-0.25, -0.2) is 4.98 Å². The molecule has 1 atom stereocenters. The number of aryl methyl sites for hydroxylation is 1. The van der Waals surface area contributed by atoms with Gasteiger partial charge in [-0.05, 0) is 18.9 Å². The maximum absolute atomic E-state index is 11.6. The molecule has 1 aromatic heterocycles. The number of hydrogen-bond donors (Lipinski definition) is 2. The van der Waals surface area contributed by atoms with Gasteiger partial charge in [0.2, 0.25) is 0 Å². The zero-order valence-electron chi connectivity index (χ0n) is 12.3. The lowest BCUT2D eigenvalue weighted by atomic mass is 9.99. The van der Waals surface area contributed by atoms with Crippen LogP contribution in [0.1, 0.15) is 31.5 Å². The fourth-order valence-corrected chi connectivity index (χ4v) is 2.96. The summed E-state index contributed by atoms with van der Waals surface area (Å²) < 4.78 is 0. The minimum atomic E-state index is -0.967. The summed E-state index contributed by atoms with van der Waals surface area (Å²) in [6.45, 7) is 3.82. The molecule has 2 aromatic rings. The number of aromatic nitrogens is 2. The number of aliphatic hydroxyl groups is 1. The number of rotatable bonds is 6. The van der Waals surface area contributed by atoms with Crippen molar-refractivity contribution < 1.29 is 5.11 Å². The van der Waals surface area contributed by atoms with Crippen LogP contribution < -0.4 is 5.56 Å². The standard InChI is InChI=1S/C16H20N2O2S/c1-3-7-13-10-14(19)18-15(17-13)21-11-16(2,20)12-8-5-4-6-9-12/h4-6,8-10,20H,3,7,11H2,1-2H3,(H,17,18,19). The molecular weight excluding hydrogens is 284 g/mol. The number of aromatic amines is 1. The molecule has 0 bridgehead atoms. The van der Waals surface area contributed by atoms with Crippen LogP contribution in [-0.4, -0.2) is 20.8 Å². The minimum absolute atomic E-state index is 0.143. The van der Waals surface area contributed by atoms with Crippen LogP contribution in [0.25, 0.3) is 0 Å². The smallest absolute Gasteiger partial charge is 0.251 e. The van der Waals surface area contributed by atoms with Crippen molar-refractivity contribution in [2.45, 2.75) is 37.4 Å². The van der Waals surface area contributed by atoms with Crippen LogP contribution in [0.5, 0.6) is 0 Å². The molecule has 0 aliphatic carbocycles. The second-order valence-corrected chi connectivity index (χ2v) is 6.18. The van der Waals surface area contributed by atoms with Crippen molar-refractivity contribution in [3.63, 3.8) is 0 Å². The van der Waals surface area contributed by atoms with E-state index in [4.69, 9.17) is 0 Å². The number of hydrogen-bond acceptors (Lipinski definition) is 4. The SMILES string of the molecule is CCCc1cc(=O)[nH]c(SCC(C)(O)c2ccccc2)n1. The summed E-state index contributed by atoms with van der Waals surface area (Å²) in [5, 5.41) is 11.1. The number of H-pyrrole nitrogens is 1. The molecule has 0 radical (unpaired) electrons. The minimum Gasteiger partial charge on any atom is -0.385 e. The zero-order valence-corrected chi connectivity index (χ0v) is 13.1. The zero-order chi connectivity index (χ0) is 15.3. The van der Waals surface area contributed by atoms with Gasteiger partial charge >= 0.3 is 0 Å². The summed E-state index contributed by atoms with van der Waals surface area (Å²) in [4.78, 5) is 18.7. The largest absolute Gasteiger partial charge is 0.385 e. The molecule has 0 saturated heterocycles. The summed E-state index contributed by atoms with van der Waals surface area (Å²) >= 11 is 1.36. The monoisotopic (exact) mass is 304 g/mol. The molecule has 0 saturated carbocycles. The van der Waals surface area contributed by atoms with Crippen LogP contribution in [0.3, 0.4) is 0 Å². The predicted octanol–water partition coefficient (Wildman–Crippen LogP) is 2.72. The Bertz CT molecular complexity index is 638. The molecule has 1 aromatic carbocycles. The molecule has 0 amide bonds. The maximum atomic E-state index is 11.6. The summed E-state index contributed by atoms with van der Waals surface area (Å²) in [5.74, 6) is 0.426. The Balaban J connectivity index is 2.10. The fraction of sp³-hybridized carbons (Fsp3) is 0.375. The molecule has 2 rings (SSSR count). The van der Waals surface area contributed by atoms with Gasteiger partial charge in [0, 0.05) is 17.5 Å². The highest BCUT2D eigenvalue weighted by molar-refractivity contribution is 7.99. The van der Waals surface area contributed by atoms with E-state index in [1.165, 1.54) is 17.8 Å². The highest BCUT2D eigenvalue weighted by Gasteiger charge is 2.23. The Morgan fingerprint density at radius 2 is 2.05 bits per heavy atom. The van der Waals surface area contributed by atoms with E-state index in [9.17, 15) is 9.90 Å². The maximum Gasteiger partial charge on any atom is 0.251 e. The van der Waals surface area contributed by atoms with Gasteiger partial charge in [-0.3, -0.25) is 4.79 Å². The molecule has 4 nitrogen and oxygen atoms in total. The van der Waals surface area contributed by atoms with E-state index < -0.39 is 5.60 Å². The Hall–Kier alpha value is -1.59. The first kappa shape index (κ1) is 15.8. The van der Waals surface area contributed by atoms with E-state index in [0.717, 1.165) is 24.1 Å². The second kappa shape index (κ2) is 6.91. The van der Waals surface area contributed by atoms with Gasteiger partial charge in [0.25, 0.3) is 5.56 Å². The number of nitrogens with zero attached hydrogens (tertiary/aromatic N) is 1. The van der Waals surface area contributed by atoms with E-state index in [2.05, 4.69) is 16.9 Å². The average molecular weight is 304 g/mol. The van der Waals surface area contributed by atoms with Gasteiger partial charge in [0.1, 0.15) is 0 Å². The van der Waals surface area contributed by atoms with Gasteiger partial charge in [-0.1, -0.05) is 55.4 Å². The summed E-state index contributed by atoms with van der Waals surface area (Å²) in [6.07, 6.45) is 1.73. The van der Waals surface area contributed by atoms with Gasteiger partial charge in [-0.15, -0.1) is 0 Å². The van der Waals surface area contributed by atoms with Crippen molar-refractivity contribution in [3.05, 3.63) is 58.0 Å². The third kappa shape index (κ3) is 4.44. The normalized spacial score (nSPS) is 13.9. The molecule has 0 aliphatic heterocycles. The molecule has 2 N–H and O–H groups in total. The molecule has 1 unspecified atom stereocenters. The number of thioether (sulfide) groups is 1. The summed E-state index contributed by atoms with van der Waals surface area (Å²) in [6, 6.07) is 11.0. The molecule has 21 heavy (non-hydrogen) atoms. The highest BCUT2D eigenvalue weighted by atomic mass is 32.2. The summed E-state index contributed by atoms with van der Waals surface area (Å²) in [5.41, 5.74) is 0.536. The van der Waals surface area contributed by atoms with Crippen LogP contribution >= 0.6 is 11.8 Å². The topological polar surface area (TPSA) is 66.0 Å². The Morgan fingerprint density at radius 3 is 2.71 bits per heavy atom. The van der Waals surface area contributed by atoms with E-state index in [-0.39, 0.29) is 5.56 Å². The van der Waals surface area contributed by atoms with Crippen molar-refractivity contribution in [1.82, 2.24) is 9.97 Å². The first-order valence-electron chi connectivity index (χ1n) is 7.02. The van der Waals surface area contributed by atoms with Crippen molar-refractivity contribution in [2.24, 2.45) is 0 Å². The molecule has 1 heterocycles. The highest BCUT2D eigenvalue weighted by Crippen LogP contribution is 2.27. The van der Waals surface area contributed by atoms with E-state index >= 15 is 0 Å². The number of benzene rings is 1. The van der Waals surface area contributed by atoms with E-state index in [1.54, 1.807) is 6.92 Å². The van der Waals surface area contributed by atoms with Crippen molar-refractivity contribution in [1.29, 1.82) is 0 Å². The molecule has 5 heteroatoms. The lowest BCUT2D eigenvalue weighted by molar-refractivity contribution is 0.0839. The first-order valence-corrected chi connectivity index (χ1v) is 8.01. The van der Waals surface area contributed by atoms with Crippen molar-refractivity contribution in [3.8, 4) is 0 Å². The third-order valence-corrected chi connectivity index (χ3v) is 4.34. The van der Waals surface area contributed by atoms with Crippen LogP contribution in [-0.2, 0) is 12.0 Å². The van der Waals surface area contributed by atoms with Gasteiger partial charge in [0.15, 0.2) is 5.16 Å². The van der Waals surface area contributed by atoms with Gasteiger partial charge in [0.05, 0.1) is 5.60 Å². The molecule has 112 valence electrons. The van der Waals surface area contributed by atoms with Crippen molar-refractivity contribution >= 4 is 11.8 Å². The molecule has 0 spiro atoms. The van der Waals surface area contributed by atoms with Gasteiger partial charge < -0.3 is 10.1 Å². The van der Waals surface area contributed by atoms with Crippen LogP contribution in [0.4, 0.5) is 0 Å². The predicted molar refractivity (Wildman–Crippen MR) is 85.6 cm³/mol. The number of nitrogens with one attached hydrogen (secondary N) is 1. The van der Waals surface area contributed by atoms with Crippen LogP contribution in [0, 0.1) is 0 Å². The van der Waals surface area contributed by atoms with Crippen LogP contribution in [0.2, 0.25) is 0 Å². The van der Waals surface area contributed by atoms with Crippen molar-refractivity contribution in [2.75, 3.05) is 5.75 Å². The third-order valence-electron chi connectivity index (χ3n) is 3.16. The van der Waals surface area contributed by atoms with Crippen LogP contribution in [0.15, 0.2) is 46.3 Å². The van der Waals surface area contributed by atoms with E-state index in [0.29, 0.717) is 10.9 Å². The van der Waals surface area contributed by atoms with Gasteiger partial charge in [-0.2, -0.15) is 0 Å². The Labute approximate surface area is 128 Å². The first-order chi connectivity index (χ1) is 10.0. The van der Waals surface area contributed by atoms with E-state index in [1.807, 2.05) is 30.3 Å². The molecule has 0 fully saturated rings. The Kier molecular flexibility index (Phi) is 5.20. The Morgan fingerprint density at radius 1 is 1.33 bits per heavy atom.